The molecule has 2 unspecified atom stereocenters. The number of rotatable bonds is 11. The fourth-order valence-electron chi connectivity index (χ4n) is 2.99. The molecule has 2 rings (SSSR count). The Morgan fingerprint density at radius 2 is 1.84 bits per heavy atom. The minimum Gasteiger partial charge on any atom is -0.468 e. The van der Waals surface area contributed by atoms with Crippen LogP contribution in [-0.2, 0) is 25.7 Å². The molecule has 1 aromatic carbocycles. The van der Waals surface area contributed by atoms with Gasteiger partial charge in [-0.3, -0.25) is 24.7 Å². The number of pyridine rings is 1. The van der Waals surface area contributed by atoms with E-state index in [1.54, 1.807) is 0 Å². The predicted octanol–water partition coefficient (Wildman–Crippen LogP) is 2.99. The lowest BCUT2D eigenvalue weighted by Crippen LogP contribution is -2.42. The smallest absolute Gasteiger partial charge is 0.323 e. The summed E-state index contributed by atoms with van der Waals surface area (Å²) in [5.41, 5.74) is 1.01. The summed E-state index contributed by atoms with van der Waals surface area (Å²) in [7, 11) is 1.25. The number of methoxy groups -OCH3 is 1. The fraction of sp³-hybridized carbons (Fsp3) is 0.409. The Morgan fingerprint density at radius 1 is 1.13 bits per heavy atom. The van der Waals surface area contributed by atoms with E-state index in [1.807, 2.05) is 44.2 Å². The second kappa shape index (κ2) is 11.8. The number of nitrogens with one attached hydrogen (secondary N) is 1. The van der Waals surface area contributed by atoms with Gasteiger partial charge in [-0.2, -0.15) is 0 Å². The molecular weight excluding hydrogens is 402 g/mol. The summed E-state index contributed by atoms with van der Waals surface area (Å²) in [6, 6.07) is 11.4. The first-order valence-corrected chi connectivity index (χ1v) is 9.94. The van der Waals surface area contributed by atoms with Crippen LogP contribution in [0.25, 0.3) is 0 Å². The first kappa shape index (κ1) is 23.9. The Morgan fingerprint density at radius 3 is 2.39 bits per heavy atom. The highest BCUT2D eigenvalue weighted by Gasteiger charge is 2.28. The number of esters is 2. The third-order valence-corrected chi connectivity index (χ3v) is 4.61. The number of hydrogen-bond donors (Lipinski definition) is 1. The van der Waals surface area contributed by atoms with Gasteiger partial charge in [0.15, 0.2) is 0 Å². The van der Waals surface area contributed by atoms with Gasteiger partial charge in [-0.15, -0.1) is 0 Å². The normalized spacial score (nSPS) is 12.8. The number of nitrogens with zero attached hydrogens (tertiary/aromatic N) is 2. The number of aromatic nitrogens is 1. The zero-order valence-corrected chi connectivity index (χ0v) is 17.8. The summed E-state index contributed by atoms with van der Waals surface area (Å²) in [4.78, 5) is 39.3. The third kappa shape index (κ3) is 7.45. The van der Waals surface area contributed by atoms with E-state index in [0.29, 0.717) is 12.1 Å². The molecule has 0 amide bonds. The van der Waals surface area contributed by atoms with Gasteiger partial charge in [0, 0.05) is 12.6 Å². The first-order chi connectivity index (χ1) is 14.8. The van der Waals surface area contributed by atoms with Gasteiger partial charge in [-0.1, -0.05) is 44.2 Å². The molecule has 9 heteroatoms. The summed E-state index contributed by atoms with van der Waals surface area (Å²) in [5.74, 6) is -1.61. The van der Waals surface area contributed by atoms with Gasteiger partial charge >= 0.3 is 11.9 Å². The number of nitro groups is 1. The zero-order valence-electron chi connectivity index (χ0n) is 17.8. The lowest BCUT2D eigenvalue weighted by atomic mass is 10.0. The van der Waals surface area contributed by atoms with E-state index in [2.05, 4.69) is 10.3 Å². The molecule has 31 heavy (non-hydrogen) atoms. The van der Waals surface area contributed by atoms with E-state index < -0.39 is 28.8 Å². The summed E-state index contributed by atoms with van der Waals surface area (Å²) < 4.78 is 10.3. The second-order valence-corrected chi connectivity index (χ2v) is 7.46. The molecule has 1 heterocycles. The molecule has 0 spiro atoms. The molecule has 2 atom stereocenters. The van der Waals surface area contributed by atoms with Crippen molar-refractivity contribution in [3.63, 3.8) is 0 Å². The second-order valence-electron chi connectivity index (χ2n) is 7.46. The summed E-state index contributed by atoms with van der Waals surface area (Å²) in [6.45, 7) is 4.18. The molecule has 1 aromatic heterocycles. The van der Waals surface area contributed by atoms with Crippen LogP contribution in [-0.4, -0.2) is 41.5 Å². The van der Waals surface area contributed by atoms with Crippen molar-refractivity contribution in [2.75, 3.05) is 13.7 Å². The number of hydrogen-bond acceptors (Lipinski definition) is 8. The monoisotopic (exact) mass is 429 g/mol. The third-order valence-electron chi connectivity index (χ3n) is 4.61. The average molecular weight is 429 g/mol. The molecular formula is C22H27N3O6. The van der Waals surface area contributed by atoms with E-state index in [0.717, 1.165) is 11.8 Å². The van der Waals surface area contributed by atoms with Crippen LogP contribution in [0.3, 0.4) is 0 Å². The summed E-state index contributed by atoms with van der Waals surface area (Å²) >= 11 is 0. The van der Waals surface area contributed by atoms with Crippen molar-refractivity contribution in [3.8, 4) is 0 Å². The lowest BCUT2D eigenvalue weighted by molar-refractivity contribution is -0.385. The van der Waals surface area contributed by atoms with Gasteiger partial charge in [0.25, 0.3) is 5.69 Å². The van der Waals surface area contributed by atoms with Crippen molar-refractivity contribution < 1.29 is 24.0 Å². The highest BCUT2D eigenvalue weighted by Crippen LogP contribution is 2.19. The van der Waals surface area contributed by atoms with Crippen LogP contribution in [0, 0.1) is 16.0 Å². The molecule has 9 nitrogen and oxygen atoms in total. The van der Waals surface area contributed by atoms with Crippen molar-refractivity contribution in [3.05, 3.63) is 70.0 Å². The molecule has 0 bridgehead atoms. The maximum absolute atomic E-state index is 12.7. The number of ether oxygens (including phenoxy) is 2. The highest BCUT2D eigenvalue weighted by atomic mass is 16.6. The largest absolute Gasteiger partial charge is 0.468 e. The molecule has 1 N–H and O–H groups in total. The van der Waals surface area contributed by atoms with Crippen LogP contribution in [0.2, 0.25) is 0 Å². The fourth-order valence-corrected chi connectivity index (χ4v) is 2.99. The number of carbonyl (C=O) groups is 2. The van der Waals surface area contributed by atoms with Crippen LogP contribution in [0.15, 0.2) is 48.7 Å². The van der Waals surface area contributed by atoms with Crippen molar-refractivity contribution in [1.82, 2.24) is 10.3 Å². The Balaban J connectivity index is 2.08. The minimum absolute atomic E-state index is 0.0648. The minimum atomic E-state index is -0.831. The number of carbonyl (C=O) groups excluding carboxylic acids is 2. The molecule has 0 aliphatic carbocycles. The predicted molar refractivity (Wildman–Crippen MR) is 113 cm³/mol. The van der Waals surface area contributed by atoms with Crippen LogP contribution in [0.4, 0.5) is 5.69 Å². The maximum Gasteiger partial charge on any atom is 0.323 e. The van der Waals surface area contributed by atoms with Crippen molar-refractivity contribution in [2.45, 2.75) is 38.8 Å². The molecule has 0 saturated heterocycles. The van der Waals surface area contributed by atoms with Crippen LogP contribution in [0.1, 0.15) is 37.4 Å². The Labute approximate surface area is 180 Å². The van der Waals surface area contributed by atoms with Crippen molar-refractivity contribution >= 4 is 17.6 Å². The van der Waals surface area contributed by atoms with Gasteiger partial charge in [-0.25, -0.2) is 0 Å². The van der Waals surface area contributed by atoms with Gasteiger partial charge in [0.1, 0.15) is 24.8 Å². The highest BCUT2D eigenvalue weighted by molar-refractivity contribution is 5.78. The Hall–Kier alpha value is -3.33. The summed E-state index contributed by atoms with van der Waals surface area (Å²) in [5, 5.41) is 13.9. The SMILES string of the molecule is COC(=O)C(CNC(CC(C)C)C(=O)OCc1ccccc1)c1ccc([N+](=O)[O-])cn1. The topological polar surface area (TPSA) is 121 Å². The van der Waals surface area contributed by atoms with Crippen molar-refractivity contribution in [2.24, 2.45) is 5.92 Å². The van der Waals surface area contributed by atoms with E-state index in [9.17, 15) is 19.7 Å². The first-order valence-electron chi connectivity index (χ1n) is 9.94. The zero-order chi connectivity index (χ0) is 22.8. The van der Waals surface area contributed by atoms with Gasteiger partial charge in [0.2, 0.25) is 0 Å². The van der Waals surface area contributed by atoms with Crippen molar-refractivity contribution in [1.29, 1.82) is 0 Å². The van der Waals surface area contributed by atoms with E-state index in [-0.39, 0.29) is 24.8 Å². The molecule has 0 aliphatic rings. The molecule has 166 valence electrons. The van der Waals surface area contributed by atoms with Gasteiger partial charge < -0.3 is 14.8 Å². The average Bonchev–Trinajstić information content (AvgIpc) is 2.77. The molecule has 2 aromatic rings. The van der Waals surface area contributed by atoms with Gasteiger partial charge in [0.05, 0.1) is 17.7 Å². The molecule has 0 radical (unpaired) electrons. The van der Waals surface area contributed by atoms with E-state index in [4.69, 9.17) is 9.47 Å². The molecule has 0 fully saturated rings. The van der Waals surface area contributed by atoms with E-state index >= 15 is 0 Å². The Kier molecular flexibility index (Phi) is 9.08. The van der Waals surface area contributed by atoms with Crippen LogP contribution >= 0.6 is 0 Å². The lowest BCUT2D eigenvalue weighted by Gasteiger charge is -2.22. The molecule has 0 aliphatic heterocycles. The Bertz CT molecular complexity index is 871. The van der Waals surface area contributed by atoms with Crippen LogP contribution < -0.4 is 5.32 Å². The van der Waals surface area contributed by atoms with Crippen LogP contribution in [0.5, 0.6) is 0 Å². The van der Waals surface area contributed by atoms with Gasteiger partial charge in [-0.05, 0) is 24.0 Å². The standard InChI is InChI=1S/C22H27N3O6/c1-15(2)11-20(22(27)31-14-16-7-5-4-6-8-16)24-13-18(21(26)30-3)19-10-9-17(12-23-19)25(28)29/h4-10,12,15,18,20,24H,11,13-14H2,1-3H3. The van der Waals surface area contributed by atoms with E-state index in [1.165, 1.54) is 19.2 Å². The maximum atomic E-state index is 12.7. The number of benzene rings is 1. The molecule has 0 saturated carbocycles. The quantitative estimate of drug-likeness (QED) is 0.329. The summed E-state index contributed by atoms with van der Waals surface area (Å²) in [6.07, 6.45) is 1.60.